The summed E-state index contributed by atoms with van der Waals surface area (Å²) in [7, 11) is 0. The molecule has 3 heteroatoms. The van der Waals surface area contributed by atoms with E-state index in [4.69, 9.17) is 10.5 Å². The van der Waals surface area contributed by atoms with E-state index in [-0.39, 0.29) is 12.1 Å². The van der Waals surface area contributed by atoms with Crippen molar-refractivity contribution in [3.8, 4) is 0 Å². The predicted octanol–water partition coefficient (Wildman–Crippen LogP) is 5.07. The highest BCUT2D eigenvalue weighted by atomic mass is 79.9. The van der Waals surface area contributed by atoms with E-state index in [1.807, 2.05) is 19.1 Å². The van der Waals surface area contributed by atoms with Gasteiger partial charge in [0.25, 0.3) is 0 Å². The van der Waals surface area contributed by atoms with Gasteiger partial charge < -0.3 is 10.5 Å². The van der Waals surface area contributed by atoms with E-state index in [1.54, 1.807) is 0 Å². The molecule has 1 aromatic rings. The summed E-state index contributed by atoms with van der Waals surface area (Å²) in [5.74, 6) is 0.715. The molecule has 0 bridgehead atoms. The maximum Gasteiger partial charge on any atom is 0.0987 e. The van der Waals surface area contributed by atoms with Crippen molar-refractivity contribution in [2.45, 2.75) is 65.2 Å². The van der Waals surface area contributed by atoms with Crippen LogP contribution in [0.2, 0.25) is 0 Å². The van der Waals surface area contributed by atoms with Gasteiger partial charge in [-0.1, -0.05) is 54.9 Å². The largest absolute Gasteiger partial charge is 0.369 e. The van der Waals surface area contributed by atoms with E-state index in [2.05, 4.69) is 48.8 Å². The second-order valence-electron chi connectivity index (χ2n) is 7.47. The average molecular weight is 354 g/mol. The molecule has 4 unspecified atom stereocenters. The first-order valence-electron chi connectivity index (χ1n) is 7.94. The van der Waals surface area contributed by atoms with Gasteiger partial charge in [-0.25, -0.2) is 0 Å². The van der Waals surface area contributed by atoms with Gasteiger partial charge in [0.15, 0.2) is 0 Å². The minimum Gasteiger partial charge on any atom is -0.369 e. The van der Waals surface area contributed by atoms with Gasteiger partial charge in [0.05, 0.1) is 12.2 Å². The van der Waals surface area contributed by atoms with Crippen LogP contribution in [0.4, 0.5) is 0 Å². The fourth-order valence-electron chi connectivity index (χ4n) is 3.76. The van der Waals surface area contributed by atoms with Crippen LogP contribution >= 0.6 is 15.9 Å². The van der Waals surface area contributed by atoms with Gasteiger partial charge >= 0.3 is 0 Å². The highest BCUT2D eigenvalue weighted by Crippen LogP contribution is 2.42. The maximum atomic E-state index is 6.47. The highest BCUT2D eigenvalue weighted by Gasteiger charge is 2.34. The van der Waals surface area contributed by atoms with Crippen LogP contribution in [0.5, 0.6) is 0 Å². The third kappa shape index (κ3) is 4.54. The smallest absolute Gasteiger partial charge is 0.0987 e. The Hall–Kier alpha value is -0.380. The molecule has 0 heterocycles. The first kappa shape index (κ1) is 17.0. The minimum atomic E-state index is -0.0494. The summed E-state index contributed by atoms with van der Waals surface area (Å²) in [6.07, 6.45) is 3.78. The zero-order valence-electron chi connectivity index (χ0n) is 13.6. The van der Waals surface area contributed by atoms with Crippen LogP contribution in [0, 0.1) is 11.3 Å². The summed E-state index contributed by atoms with van der Waals surface area (Å²) in [5, 5.41) is 0. The number of nitrogens with two attached hydrogens (primary N) is 1. The SMILES string of the molecule is CC1CC(OC(c2ccccc2Br)C(C)N)CC(C)(C)C1. The van der Waals surface area contributed by atoms with Crippen molar-refractivity contribution in [3.05, 3.63) is 34.3 Å². The van der Waals surface area contributed by atoms with Crippen molar-refractivity contribution in [1.29, 1.82) is 0 Å². The third-order valence-electron chi connectivity index (χ3n) is 4.37. The quantitative estimate of drug-likeness (QED) is 0.819. The standard InChI is InChI=1S/C18H28BrNO/c1-12-9-14(11-18(3,4)10-12)21-17(13(2)20)15-7-5-6-8-16(15)19/h5-8,12-14,17H,9-11,20H2,1-4H3. The molecule has 0 radical (unpaired) electrons. The lowest BCUT2D eigenvalue weighted by Gasteiger charge is -2.40. The molecule has 1 aliphatic rings. The minimum absolute atomic E-state index is 0.0240. The zero-order valence-corrected chi connectivity index (χ0v) is 15.2. The van der Waals surface area contributed by atoms with Gasteiger partial charge in [0, 0.05) is 10.5 Å². The van der Waals surface area contributed by atoms with Gasteiger partial charge in [0.1, 0.15) is 0 Å². The van der Waals surface area contributed by atoms with Crippen molar-refractivity contribution < 1.29 is 4.74 Å². The van der Waals surface area contributed by atoms with E-state index in [1.165, 1.54) is 6.42 Å². The predicted molar refractivity (Wildman–Crippen MR) is 92.2 cm³/mol. The van der Waals surface area contributed by atoms with Gasteiger partial charge in [-0.3, -0.25) is 0 Å². The van der Waals surface area contributed by atoms with Crippen molar-refractivity contribution in [2.75, 3.05) is 0 Å². The Morgan fingerprint density at radius 2 is 1.95 bits per heavy atom. The van der Waals surface area contributed by atoms with E-state index < -0.39 is 0 Å². The number of halogens is 1. The van der Waals surface area contributed by atoms with Gasteiger partial charge in [-0.15, -0.1) is 0 Å². The topological polar surface area (TPSA) is 35.2 Å². The van der Waals surface area contributed by atoms with Crippen LogP contribution in [-0.4, -0.2) is 12.1 Å². The second-order valence-corrected chi connectivity index (χ2v) is 8.33. The van der Waals surface area contributed by atoms with Crippen molar-refractivity contribution in [1.82, 2.24) is 0 Å². The molecule has 2 N–H and O–H groups in total. The van der Waals surface area contributed by atoms with Crippen molar-refractivity contribution >= 4 is 15.9 Å². The Morgan fingerprint density at radius 3 is 2.52 bits per heavy atom. The summed E-state index contributed by atoms with van der Waals surface area (Å²) in [6.45, 7) is 9.05. The van der Waals surface area contributed by atoms with Crippen molar-refractivity contribution in [3.63, 3.8) is 0 Å². The number of rotatable bonds is 4. The molecule has 118 valence electrons. The van der Waals surface area contributed by atoms with E-state index in [0.717, 1.165) is 22.9 Å². The number of hydrogen-bond donors (Lipinski definition) is 1. The fourth-order valence-corrected chi connectivity index (χ4v) is 4.27. The molecule has 1 aromatic carbocycles. The number of ether oxygens (including phenoxy) is 1. The van der Waals surface area contributed by atoms with E-state index >= 15 is 0 Å². The lowest BCUT2D eigenvalue weighted by Crippen LogP contribution is -2.37. The summed E-state index contributed by atoms with van der Waals surface area (Å²) in [4.78, 5) is 0. The Balaban J connectivity index is 2.16. The second kappa shape index (κ2) is 6.80. The van der Waals surface area contributed by atoms with Crippen LogP contribution in [0.3, 0.4) is 0 Å². The Kier molecular flexibility index (Phi) is 5.50. The molecule has 1 aliphatic carbocycles. The molecule has 2 rings (SSSR count). The first-order chi connectivity index (χ1) is 9.78. The van der Waals surface area contributed by atoms with Crippen LogP contribution in [0.25, 0.3) is 0 Å². The fraction of sp³-hybridized carbons (Fsp3) is 0.667. The lowest BCUT2D eigenvalue weighted by atomic mass is 9.71. The van der Waals surface area contributed by atoms with Crippen LogP contribution < -0.4 is 5.73 Å². The summed E-state index contributed by atoms with van der Waals surface area (Å²) in [5.41, 5.74) is 7.73. The molecule has 2 nitrogen and oxygen atoms in total. The number of benzene rings is 1. The average Bonchev–Trinajstić information content (AvgIpc) is 2.34. The van der Waals surface area contributed by atoms with E-state index in [0.29, 0.717) is 17.4 Å². The Morgan fingerprint density at radius 1 is 1.29 bits per heavy atom. The summed E-state index contributed by atoms with van der Waals surface area (Å²) < 4.78 is 7.55. The van der Waals surface area contributed by atoms with Gasteiger partial charge in [-0.05, 0) is 49.1 Å². The summed E-state index contributed by atoms with van der Waals surface area (Å²) in [6, 6.07) is 8.21. The normalized spacial score (nSPS) is 28.1. The molecule has 21 heavy (non-hydrogen) atoms. The lowest BCUT2D eigenvalue weighted by molar-refractivity contribution is -0.0740. The van der Waals surface area contributed by atoms with Crippen LogP contribution in [0.1, 0.15) is 58.6 Å². The first-order valence-corrected chi connectivity index (χ1v) is 8.73. The molecule has 0 spiro atoms. The maximum absolute atomic E-state index is 6.47. The molecule has 0 amide bonds. The van der Waals surface area contributed by atoms with Crippen LogP contribution in [0.15, 0.2) is 28.7 Å². The molecule has 4 atom stereocenters. The highest BCUT2D eigenvalue weighted by molar-refractivity contribution is 9.10. The van der Waals surface area contributed by atoms with Crippen LogP contribution in [-0.2, 0) is 4.74 Å². The molecule has 0 saturated heterocycles. The Bertz CT molecular complexity index is 472. The molecule has 1 fully saturated rings. The molecular formula is C18H28BrNO. The van der Waals surface area contributed by atoms with Gasteiger partial charge in [-0.2, -0.15) is 0 Å². The van der Waals surface area contributed by atoms with Crippen molar-refractivity contribution in [2.24, 2.45) is 17.1 Å². The number of hydrogen-bond acceptors (Lipinski definition) is 2. The zero-order chi connectivity index (χ0) is 15.6. The third-order valence-corrected chi connectivity index (χ3v) is 5.10. The van der Waals surface area contributed by atoms with E-state index in [9.17, 15) is 0 Å². The monoisotopic (exact) mass is 353 g/mol. The Labute approximate surface area is 137 Å². The summed E-state index contributed by atoms with van der Waals surface area (Å²) >= 11 is 3.63. The molecule has 1 saturated carbocycles. The molecule has 0 aliphatic heterocycles. The molecule has 0 aromatic heterocycles. The molecular weight excluding hydrogens is 326 g/mol. The van der Waals surface area contributed by atoms with Gasteiger partial charge in [0.2, 0.25) is 0 Å².